The SMILES string of the molecule is CNC(=O)C(=O)C(CC1CCC1)NC(=O)[C@@H]1[C@@H]2[C@H](CN1C(=O)[C@@H](N)C(C)(C)C)C2(C)C.CNC(=O)C(=O)C(CC1CCC1)NC(=O)[C@@H]1[C@@H]2[C@H](CN1C(=O)[C@@H](NC(=O)Oc1ccc([N+](=O)[O-])cc1)C(C)(C)C)C2(C)C.CNC(=O)N[C@H](C(=O)N1C[C@H]2[C@@H]([C@H]1C(=O)NC(CC1CCC1)C(=O)C(=O)NC)C2(C)C)C(C)(C)C.Cl. The smallest absolute Gasteiger partial charge is 0.410 e. The first-order valence-electron chi connectivity index (χ1n) is 38.7. The van der Waals surface area contributed by atoms with E-state index in [1.54, 1.807) is 30.6 Å². The fourth-order valence-corrected chi connectivity index (χ4v) is 17.2. The molecule has 612 valence electrons. The first kappa shape index (κ1) is 88.9. The summed E-state index contributed by atoms with van der Waals surface area (Å²) in [5, 5.41) is 34.3. The van der Waals surface area contributed by atoms with E-state index in [0.717, 1.165) is 57.8 Å². The Morgan fingerprint density at radius 3 is 1.03 bits per heavy atom. The molecular formula is C78H121ClN14O17. The molecule has 3 aliphatic heterocycles. The highest BCUT2D eigenvalue weighted by molar-refractivity contribution is 6.39. The van der Waals surface area contributed by atoms with E-state index >= 15 is 0 Å². The number of nitrogens with one attached hydrogen (secondary N) is 9. The van der Waals surface area contributed by atoms with Gasteiger partial charge in [-0.2, -0.15) is 0 Å². The highest BCUT2D eigenvalue weighted by Gasteiger charge is 2.72. The molecule has 15 atom stereocenters. The monoisotopic (exact) mass is 1560 g/mol. The molecular weight excluding hydrogens is 1440 g/mol. The number of fused-ring (bicyclic) bond motifs is 3. The number of likely N-dealkylation sites (tertiary alicyclic amines) is 3. The summed E-state index contributed by atoms with van der Waals surface area (Å²) in [6, 6.07) is -3.25. The molecule has 9 aliphatic rings. The number of carbonyl (C=O) groups excluding carboxylic acids is 14. The van der Waals surface area contributed by atoms with Crippen molar-refractivity contribution in [2.45, 2.75) is 235 Å². The van der Waals surface area contributed by atoms with Crippen molar-refractivity contribution in [1.29, 1.82) is 0 Å². The maximum Gasteiger partial charge on any atom is 0.413 e. The normalized spacial score (nSPS) is 25.7. The molecule has 9 fully saturated rings. The molecule has 31 nitrogen and oxygen atoms in total. The lowest BCUT2D eigenvalue weighted by Gasteiger charge is -2.38. The Bertz CT molecular complexity index is 3700. The highest BCUT2D eigenvalue weighted by atomic mass is 35.5. The zero-order valence-electron chi connectivity index (χ0n) is 67.5. The van der Waals surface area contributed by atoms with Crippen molar-refractivity contribution >= 4 is 101 Å². The number of non-ortho nitro benzene ring substituents is 1. The second-order valence-corrected chi connectivity index (χ2v) is 36.7. The fourth-order valence-electron chi connectivity index (χ4n) is 17.2. The topological polar surface area (TPSA) is 435 Å². The van der Waals surface area contributed by atoms with Crippen LogP contribution in [0.4, 0.5) is 15.3 Å². The maximum atomic E-state index is 14.1. The Balaban J connectivity index is 0.000000232. The van der Waals surface area contributed by atoms with E-state index in [1.165, 1.54) is 57.4 Å². The first-order chi connectivity index (χ1) is 50.6. The number of halogens is 1. The number of carbonyl (C=O) groups is 14. The third kappa shape index (κ3) is 19.4. The van der Waals surface area contributed by atoms with Gasteiger partial charge in [-0.1, -0.05) is 162 Å². The molecule has 10 rings (SSSR count). The Labute approximate surface area is 651 Å². The summed E-state index contributed by atoms with van der Waals surface area (Å²) in [4.78, 5) is 196. The minimum Gasteiger partial charge on any atom is -0.410 e. The van der Waals surface area contributed by atoms with Crippen LogP contribution >= 0.6 is 12.4 Å². The predicted molar refractivity (Wildman–Crippen MR) is 409 cm³/mol. The van der Waals surface area contributed by atoms with Crippen molar-refractivity contribution < 1.29 is 76.8 Å². The fraction of sp³-hybridized carbons (Fsp3) is 0.744. The van der Waals surface area contributed by atoms with Gasteiger partial charge in [-0.25, -0.2) is 9.59 Å². The Morgan fingerprint density at radius 1 is 0.473 bits per heavy atom. The van der Waals surface area contributed by atoms with Gasteiger partial charge >= 0.3 is 12.1 Å². The van der Waals surface area contributed by atoms with Gasteiger partial charge < -0.3 is 73.0 Å². The van der Waals surface area contributed by atoms with Gasteiger partial charge in [-0.3, -0.25) is 67.6 Å². The third-order valence-electron chi connectivity index (χ3n) is 25.4. The minimum absolute atomic E-state index is 0. The quantitative estimate of drug-likeness (QED) is 0.0362. The maximum absolute atomic E-state index is 14.1. The minimum atomic E-state index is -1.08. The van der Waals surface area contributed by atoms with Crippen molar-refractivity contribution in [2.24, 2.45) is 91.5 Å². The number of amides is 12. The van der Waals surface area contributed by atoms with Gasteiger partial charge in [0.1, 0.15) is 36.0 Å². The number of nitro groups is 1. The second kappa shape index (κ2) is 34.3. The molecule has 6 aliphatic carbocycles. The number of urea groups is 1. The van der Waals surface area contributed by atoms with Crippen LogP contribution in [0.2, 0.25) is 0 Å². The number of Topliss-reactive ketones (excluding diaryl/α,β-unsaturated/α-hetero) is 3. The van der Waals surface area contributed by atoms with E-state index in [2.05, 4.69) is 75.5 Å². The highest BCUT2D eigenvalue weighted by Crippen LogP contribution is 2.67. The molecule has 1 aromatic carbocycles. The summed E-state index contributed by atoms with van der Waals surface area (Å²) >= 11 is 0. The zero-order valence-corrected chi connectivity index (χ0v) is 68.3. The summed E-state index contributed by atoms with van der Waals surface area (Å²) in [5.74, 6) is -5.30. The van der Waals surface area contributed by atoms with Crippen molar-refractivity contribution in [2.75, 3.05) is 47.8 Å². The van der Waals surface area contributed by atoms with Crippen molar-refractivity contribution in [3.8, 4) is 5.75 Å². The number of likely N-dealkylation sites (N-methyl/N-ethyl adjacent to an activating group) is 3. The van der Waals surface area contributed by atoms with Gasteiger partial charge in [-0.15, -0.1) is 12.4 Å². The number of nitro benzene ring substituents is 1. The molecule has 0 radical (unpaired) electrons. The van der Waals surface area contributed by atoms with E-state index in [-0.39, 0.29) is 99.2 Å². The molecule has 32 heteroatoms. The number of piperidine rings is 3. The van der Waals surface area contributed by atoms with Crippen LogP contribution in [0.15, 0.2) is 24.3 Å². The van der Waals surface area contributed by atoms with E-state index in [9.17, 15) is 77.2 Å². The van der Waals surface area contributed by atoms with Crippen LogP contribution in [0.1, 0.15) is 181 Å². The predicted octanol–water partition coefficient (Wildman–Crippen LogP) is 4.63. The van der Waals surface area contributed by atoms with Gasteiger partial charge in [0.2, 0.25) is 52.8 Å². The van der Waals surface area contributed by atoms with Crippen LogP contribution in [0, 0.1) is 95.9 Å². The Hall–Kier alpha value is -8.35. The molecule has 0 spiro atoms. The van der Waals surface area contributed by atoms with E-state index in [4.69, 9.17) is 10.5 Å². The first-order valence-corrected chi connectivity index (χ1v) is 38.7. The molecule has 6 saturated carbocycles. The van der Waals surface area contributed by atoms with Gasteiger partial charge in [0.05, 0.1) is 29.1 Å². The van der Waals surface area contributed by atoms with Crippen LogP contribution in [0.25, 0.3) is 0 Å². The lowest BCUT2D eigenvalue weighted by atomic mass is 9.80. The van der Waals surface area contributed by atoms with Crippen molar-refractivity contribution in [3.05, 3.63) is 34.4 Å². The molecule has 0 aromatic heterocycles. The number of nitrogens with zero attached hydrogens (tertiary/aromatic N) is 4. The third-order valence-corrected chi connectivity index (χ3v) is 25.4. The molecule has 11 N–H and O–H groups in total. The lowest BCUT2D eigenvalue weighted by Crippen LogP contribution is -2.61. The van der Waals surface area contributed by atoms with Crippen LogP contribution < -0.4 is 58.3 Å². The van der Waals surface area contributed by atoms with Gasteiger partial charge in [-0.05, 0) is 117 Å². The van der Waals surface area contributed by atoms with Crippen LogP contribution in [0.3, 0.4) is 0 Å². The van der Waals surface area contributed by atoms with Crippen LogP contribution in [0.5, 0.6) is 5.75 Å². The largest absolute Gasteiger partial charge is 0.413 e. The molecule has 3 unspecified atom stereocenters. The standard InChI is InChI=1S/C30H41N5O8.C25H41N5O5.C23H38N4O4.ClH/c1-29(2,3)24(33-28(40)43-18-12-10-17(11-13-18)35(41)42)27(39)34-15-19-21(30(19,4)5)22(34)25(37)32-20(14-16-8-7-9-16)23(36)26(38)31-6;1-24(2,3)19(29-23(35)27-7)22(34)30-12-14-16(25(14,4)5)17(30)20(32)28-15(11-13-9-8-10-13)18(31)21(33)26-6;1-22(2,3)18(24)21(31)27-11-13-15(23(13,4)5)16(27)19(29)26-14(10-12-8-7-9-12)17(28)20(30)25-6;/h10-13,16,19-22,24H,7-9,14-15H2,1-6H3,(H,31,38)(H,32,37)(H,33,40);13-17,19H,8-12H2,1-7H3,(H,26,33)(H,28,32)(H2,27,29,35);12-16,18H,7-11,24H2,1-6H3,(H,25,30)(H,26,29);1H/t19-,20?,21-,22-,24+;14-,15?,16-,17-,19+;13-,14?,15-,16-,18+;/m000./s1. The second-order valence-electron chi connectivity index (χ2n) is 36.7. The molecule has 110 heavy (non-hydrogen) atoms. The molecule has 1 aromatic rings. The summed E-state index contributed by atoms with van der Waals surface area (Å²) in [7, 11) is 5.65. The summed E-state index contributed by atoms with van der Waals surface area (Å²) in [6.45, 7) is 30.3. The molecule has 3 heterocycles. The van der Waals surface area contributed by atoms with Gasteiger partial charge in [0.25, 0.3) is 23.4 Å². The van der Waals surface area contributed by atoms with Crippen molar-refractivity contribution in [3.63, 3.8) is 0 Å². The average molecular weight is 1560 g/mol. The van der Waals surface area contributed by atoms with E-state index in [1.807, 2.05) is 55.4 Å². The van der Waals surface area contributed by atoms with E-state index in [0.29, 0.717) is 50.7 Å². The Morgan fingerprint density at radius 2 is 0.773 bits per heavy atom. The van der Waals surface area contributed by atoms with Crippen LogP contribution in [-0.4, -0.2) is 204 Å². The van der Waals surface area contributed by atoms with Crippen molar-refractivity contribution in [1.82, 2.24) is 62.6 Å². The average Bonchev–Trinajstić information content (AvgIpc) is 1.54. The zero-order chi connectivity index (χ0) is 81.4. The number of nitrogens with two attached hydrogens (primary N) is 1. The van der Waals surface area contributed by atoms with E-state index < -0.39 is 140 Å². The summed E-state index contributed by atoms with van der Waals surface area (Å²) in [5.41, 5.74) is 3.91. The van der Waals surface area contributed by atoms with Crippen LogP contribution in [-0.2, 0) is 57.5 Å². The van der Waals surface area contributed by atoms with Gasteiger partial charge in [0.15, 0.2) is 0 Å². The number of ether oxygens (including phenoxy) is 1. The molecule has 12 amide bonds. The molecule has 3 saturated heterocycles. The number of benzene rings is 1. The lowest BCUT2D eigenvalue weighted by molar-refractivity contribution is -0.384. The number of rotatable bonds is 25. The number of ketones is 3. The summed E-state index contributed by atoms with van der Waals surface area (Å²) < 4.78 is 5.29. The molecule has 0 bridgehead atoms. The Kier molecular flexibility index (Phi) is 27.7. The number of hydrogen-bond acceptors (Lipinski definition) is 18. The van der Waals surface area contributed by atoms with Gasteiger partial charge in [0, 0.05) is 60.0 Å². The summed E-state index contributed by atoms with van der Waals surface area (Å²) in [6.07, 6.45) is 9.31. The number of hydrogen-bond donors (Lipinski definition) is 10.